The van der Waals surface area contributed by atoms with Crippen LogP contribution < -0.4 is 11.2 Å². The lowest BCUT2D eigenvalue weighted by atomic mass is 10.4. The van der Waals surface area contributed by atoms with Gasteiger partial charge in [0.1, 0.15) is 0 Å². The molecule has 0 saturated heterocycles. The highest BCUT2D eigenvalue weighted by Crippen LogP contribution is 1.87. The first-order chi connectivity index (χ1) is 6.59. The quantitative estimate of drug-likeness (QED) is 0.641. The molecule has 0 fully saturated rings. The van der Waals surface area contributed by atoms with E-state index in [1.165, 1.54) is 16.8 Å². The lowest BCUT2D eigenvalue weighted by Gasteiger charge is -2.05. The Morgan fingerprint density at radius 1 is 1.50 bits per heavy atom. The second kappa shape index (κ2) is 4.87. The minimum absolute atomic E-state index is 0.00552. The Kier molecular flexibility index (Phi) is 3.78. The van der Waals surface area contributed by atoms with Gasteiger partial charge in [0.25, 0.3) is 5.56 Å². The predicted octanol–water partition coefficient (Wildman–Crippen LogP) is -1.19. The Hall–Kier alpha value is -1.21. The zero-order valence-electron chi connectivity index (χ0n) is 7.26. The molecule has 0 aliphatic heterocycles. The highest BCUT2D eigenvalue weighted by atomic mass is 32.2. The van der Waals surface area contributed by atoms with Gasteiger partial charge in [-0.25, -0.2) is 4.79 Å². The van der Waals surface area contributed by atoms with Crippen molar-refractivity contribution in [2.75, 3.05) is 5.75 Å². The van der Waals surface area contributed by atoms with E-state index in [0.29, 0.717) is 6.42 Å². The third kappa shape index (κ3) is 3.27. The molecule has 0 bridgehead atoms. The summed E-state index contributed by atoms with van der Waals surface area (Å²) in [6.45, 7) is 0.281. The first-order valence-corrected chi connectivity index (χ1v) is 5.19. The van der Waals surface area contributed by atoms with Crippen LogP contribution in [0.1, 0.15) is 6.42 Å². The fourth-order valence-electron chi connectivity index (χ4n) is 0.973. The lowest BCUT2D eigenvalue weighted by Crippen LogP contribution is -2.28. The summed E-state index contributed by atoms with van der Waals surface area (Å²) in [5.41, 5.74) is -0.979. The van der Waals surface area contributed by atoms with Gasteiger partial charge in [-0.3, -0.25) is 14.0 Å². The molecule has 1 unspecified atom stereocenters. The Balaban J connectivity index is 2.64. The topological polar surface area (TPSA) is 95.0 Å². The molecule has 78 valence electrons. The molecular formula is C7H9N2O4S-. The smallest absolute Gasteiger partial charge is 0.328 e. The molecule has 0 aromatic carbocycles. The van der Waals surface area contributed by atoms with Crippen molar-refractivity contribution in [1.82, 2.24) is 9.55 Å². The molecule has 6 nitrogen and oxygen atoms in total. The number of H-pyrrole nitrogens is 1. The van der Waals surface area contributed by atoms with Gasteiger partial charge in [0.05, 0.1) is 0 Å². The van der Waals surface area contributed by atoms with Gasteiger partial charge in [-0.15, -0.1) is 0 Å². The molecule has 7 heteroatoms. The van der Waals surface area contributed by atoms with E-state index in [1.54, 1.807) is 0 Å². The van der Waals surface area contributed by atoms with Gasteiger partial charge in [0.2, 0.25) is 0 Å². The van der Waals surface area contributed by atoms with Crippen molar-refractivity contribution in [2.45, 2.75) is 13.0 Å². The fraction of sp³-hybridized carbons (Fsp3) is 0.429. The van der Waals surface area contributed by atoms with Crippen LogP contribution >= 0.6 is 0 Å². The van der Waals surface area contributed by atoms with Gasteiger partial charge in [0.15, 0.2) is 0 Å². The number of rotatable bonds is 4. The molecule has 1 atom stereocenters. The molecule has 0 radical (unpaired) electrons. The summed E-state index contributed by atoms with van der Waals surface area (Å²) < 4.78 is 21.6. The number of aromatic amines is 1. The summed E-state index contributed by atoms with van der Waals surface area (Å²) >= 11 is -2.09. The lowest BCUT2D eigenvalue weighted by molar-refractivity contribution is 0.529. The average molecular weight is 217 g/mol. The molecule has 1 aromatic rings. The molecule has 1 N–H and O–H groups in total. The Bertz CT molecular complexity index is 436. The van der Waals surface area contributed by atoms with Crippen LogP contribution in [0.2, 0.25) is 0 Å². The number of aromatic nitrogens is 2. The molecule has 1 aromatic heterocycles. The summed E-state index contributed by atoms with van der Waals surface area (Å²) in [5.74, 6) is 0.00552. The average Bonchev–Trinajstić information content (AvgIpc) is 2.08. The number of nitrogens with one attached hydrogen (secondary N) is 1. The monoisotopic (exact) mass is 217 g/mol. The zero-order valence-corrected chi connectivity index (χ0v) is 8.08. The Morgan fingerprint density at radius 3 is 2.79 bits per heavy atom. The minimum atomic E-state index is -2.09. The molecule has 14 heavy (non-hydrogen) atoms. The highest BCUT2D eigenvalue weighted by molar-refractivity contribution is 7.79. The zero-order chi connectivity index (χ0) is 10.6. The van der Waals surface area contributed by atoms with Crippen molar-refractivity contribution < 1.29 is 8.76 Å². The van der Waals surface area contributed by atoms with Crippen molar-refractivity contribution in [1.29, 1.82) is 0 Å². The predicted molar refractivity (Wildman–Crippen MR) is 49.7 cm³/mol. The molecule has 1 heterocycles. The van der Waals surface area contributed by atoms with E-state index in [9.17, 15) is 18.4 Å². The van der Waals surface area contributed by atoms with Crippen LogP contribution in [0.15, 0.2) is 21.9 Å². The second-order valence-corrected chi connectivity index (χ2v) is 3.68. The normalized spacial score (nSPS) is 12.6. The number of hydrogen-bond donors (Lipinski definition) is 1. The van der Waals surface area contributed by atoms with Gasteiger partial charge in [0, 0.05) is 24.6 Å². The molecule has 0 aliphatic carbocycles. The largest absolute Gasteiger partial charge is 0.772 e. The van der Waals surface area contributed by atoms with Crippen LogP contribution in [-0.4, -0.2) is 24.1 Å². The summed E-state index contributed by atoms with van der Waals surface area (Å²) in [6, 6.07) is 1.22. The summed E-state index contributed by atoms with van der Waals surface area (Å²) in [5, 5.41) is 0. The molecule has 1 rings (SSSR count). The van der Waals surface area contributed by atoms with Crippen molar-refractivity contribution in [3.8, 4) is 0 Å². The van der Waals surface area contributed by atoms with Gasteiger partial charge in [-0.1, -0.05) is 11.1 Å². The van der Waals surface area contributed by atoms with Crippen LogP contribution in [0.3, 0.4) is 0 Å². The van der Waals surface area contributed by atoms with E-state index in [2.05, 4.69) is 4.98 Å². The van der Waals surface area contributed by atoms with Gasteiger partial charge < -0.3 is 9.12 Å². The van der Waals surface area contributed by atoms with Gasteiger partial charge in [-0.2, -0.15) is 0 Å². The van der Waals surface area contributed by atoms with Crippen LogP contribution in [0, 0.1) is 0 Å². The number of aryl methyl sites for hydroxylation is 1. The molecule has 0 spiro atoms. The standard InChI is InChI=1S/C7H10N2O4S/c10-6-2-4-9(7(11)8-6)3-1-5-14(12)13/h2,4H,1,3,5H2,(H,12,13)(H,8,10,11)/p-1. The maximum atomic E-state index is 11.1. The number of nitrogens with zero attached hydrogens (tertiary/aromatic N) is 1. The van der Waals surface area contributed by atoms with Crippen LogP contribution in [-0.2, 0) is 17.6 Å². The van der Waals surface area contributed by atoms with Crippen molar-refractivity contribution in [2.24, 2.45) is 0 Å². The van der Waals surface area contributed by atoms with E-state index in [4.69, 9.17) is 0 Å². The summed E-state index contributed by atoms with van der Waals surface area (Å²) in [7, 11) is 0. The Labute approximate surface area is 81.9 Å². The van der Waals surface area contributed by atoms with E-state index >= 15 is 0 Å². The number of hydrogen-bond acceptors (Lipinski definition) is 4. The van der Waals surface area contributed by atoms with Gasteiger partial charge >= 0.3 is 5.69 Å². The summed E-state index contributed by atoms with van der Waals surface area (Å²) in [4.78, 5) is 23.8. The van der Waals surface area contributed by atoms with Crippen LogP contribution in [0.4, 0.5) is 0 Å². The van der Waals surface area contributed by atoms with Crippen molar-refractivity contribution in [3.05, 3.63) is 33.1 Å². The second-order valence-electron chi connectivity index (χ2n) is 2.66. The minimum Gasteiger partial charge on any atom is -0.772 e. The Morgan fingerprint density at radius 2 is 2.21 bits per heavy atom. The molecular weight excluding hydrogens is 208 g/mol. The molecule has 0 amide bonds. The van der Waals surface area contributed by atoms with Crippen molar-refractivity contribution >= 4 is 11.1 Å². The van der Waals surface area contributed by atoms with E-state index in [0.717, 1.165) is 0 Å². The van der Waals surface area contributed by atoms with Crippen molar-refractivity contribution in [3.63, 3.8) is 0 Å². The SMILES string of the molecule is O=c1ccn(CCCS(=O)[O-])c(=O)[nH]1. The first kappa shape index (κ1) is 10.9. The maximum Gasteiger partial charge on any atom is 0.328 e. The van der Waals surface area contributed by atoms with E-state index in [-0.39, 0.29) is 12.3 Å². The maximum absolute atomic E-state index is 11.1. The van der Waals surface area contributed by atoms with Crippen LogP contribution in [0.5, 0.6) is 0 Å². The third-order valence-corrected chi connectivity index (χ3v) is 2.23. The summed E-state index contributed by atoms with van der Waals surface area (Å²) in [6.07, 6.45) is 1.69. The van der Waals surface area contributed by atoms with Crippen LogP contribution in [0.25, 0.3) is 0 Å². The van der Waals surface area contributed by atoms with E-state index in [1.807, 2.05) is 0 Å². The van der Waals surface area contributed by atoms with E-state index < -0.39 is 22.3 Å². The van der Waals surface area contributed by atoms with Gasteiger partial charge in [-0.05, 0) is 6.42 Å². The highest BCUT2D eigenvalue weighted by Gasteiger charge is 1.95. The third-order valence-electron chi connectivity index (χ3n) is 1.61. The first-order valence-electron chi connectivity index (χ1n) is 3.95. The molecule has 0 aliphatic rings. The molecule has 0 saturated carbocycles. The fourth-order valence-corrected chi connectivity index (χ4v) is 1.34.